The minimum Gasteiger partial charge on any atom is -0.366 e. The number of fused-ring (bicyclic) bond motifs is 1. The zero-order chi connectivity index (χ0) is 22.0. The number of anilines is 2. The molecular weight excluding hydrogens is 404 g/mol. The Kier molecular flexibility index (Phi) is 5.50. The van der Waals surface area contributed by atoms with Crippen molar-refractivity contribution in [3.8, 4) is 0 Å². The highest BCUT2D eigenvalue weighted by Gasteiger charge is 2.33. The molecule has 2 aromatic carbocycles. The molecule has 0 unspecified atom stereocenters. The third kappa shape index (κ3) is 4.60. The molecule has 0 radical (unpaired) electrons. The van der Waals surface area contributed by atoms with E-state index in [-0.39, 0.29) is 42.9 Å². The van der Waals surface area contributed by atoms with E-state index in [0.717, 1.165) is 0 Å². The molecule has 1 saturated heterocycles. The number of aromatic nitrogens is 2. The van der Waals surface area contributed by atoms with E-state index in [1.54, 1.807) is 41.3 Å². The average molecular weight is 425 g/mol. The van der Waals surface area contributed by atoms with Crippen molar-refractivity contribution >= 4 is 34.4 Å². The minimum atomic E-state index is -2.74. The van der Waals surface area contributed by atoms with Crippen molar-refractivity contribution in [3.63, 3.8) is 0 Å². The van der Waals surface area contributed by atoms with Gasteiger partial charge in [0.1, 0.15) is 0 Å². The fourth-order valence-corrected chi connectivity index (χ4v) is 3.58. The van der Waals surface area contributed by atoms with Crippen LogP contribution in [0.4, 0.5) is 20.3 Å². The van der Waals surface area contributed by atoms with E-state index >= 15 is 0 Å². The van der Waals surface area contributed by atoms with Gasteiger partial charge in [0.15, 0.2) is 11.5 Å². The summed E-state index contributed by atoms with van der Waals surface area (Å²) in [5, 5.41) is 2.71. The molecule has 7 nitrogen and oxygen atoms in total. The van der Waals surface area contributed by atoms with Crippen LogP contribution in [0.2, 0.25) is 0 Å². The van der Waals surface area contributed by atoms with Gasteiger partial charge < -0.3 is 16.0 Å². The molecule has 31 heavy (non-hydrogen) atoms. The van der Waals surface area contributed by atoms with Gasteiger partial charge in [-0.3, -0.25) is 9.59 Å². The number of halogens is 2. The van der Waals surface area contributed by atoms with Gasteiger partial charge in [0.05, 0.1) is 11.0 Å². The molecule has 160 valence electrons. The topological polar surface area (TPSA) is 101 Å². The van der Waals surface area contributed by atoms with E-state index in [1.807, 2.05) is 0 Å². The highest BCUT2D eigenvalue weighted by atomic mass is 19.3. The molecule has 3 N–H and O–H groups in total. The molecular formula is C22H21F2N5O2. The summed E-state index contributed by atoms with van der Waals surface area (Å²) in [6, 6.07) is 13.3. The maximum Gasteiger partial charge on any atom is 0.278 e. The van der Waals surface area contributed by atoms with Crippen LogP contribution in [0.3, 0.4) is 0 Å². The van der Waals surface area contributed by atoms with E-state index in [9.17, 15) is 18.4 Å². The van der Waals surface area contributed by atoms with Gasteiger partial charge in [-0.15, -0.1) is 0 Å². The molecule has 1 fully saturated rings. The van der Waals surface area contributed by atoms with Crippen LogP contribution in [-0.4, -0.2) is 40.8 Å². The summed E-state index contributed by atoms with van der Waals surface area (Å²) in [7, 11) is 0. The lowest BCUT2D eigenvalue weighted by atomic mass is 10.1. The summed E-state index contributed by atoms with van der Waals surface area (Å²) >= 11 is 0. The monoisotopic (exact) mass is 425 g/mol. The van der Waals surface area contributed by atoms with Gasteiger partial charge in [0.25, 0.3) is 5.91 Å². The average Bonchev–Trinajstić information content (AvgIpc) is 2.93. The number of hydrogen-bond donors (Lipinski definition) is 2. The maximum absolute atomic E-state index is 13.9. The number of nitrogens with two attached hydrogens (primary N) is 1. The second-order valence-corrected chi connectivity index (χ2v) is 7.48. The molecule has 1 aliphatic rings. The van der Waals surface area contributed by atoms with Crippen LogP contribution in [0.25, 0.3) is 11.0 Å². The van der Waals surface area contributed by atoms with Gasteiger partial charge >= 0.3 is 0 Å². The molecule has 0 atom stereocenters. The summed E-state index contributed by atoms with van der Waals surface area (Å²) < 4.78 is 27.8. The molecule has 0 spiro atoms. The maximum atomic E-state index is 13.9. The van der Waals surface area contributed by atoms with Crippen LogP contribution in [0.1, 0.15) is 40.1 Å². The lowest BCUT2D eigenvalue weighted by Gasteiger charge is -2.24. The second-order valence-electron chi connectivity index (χ2n) is 7.48. The Labute approximate surface area is 177 Å². The van der Waals surface area contributed by atoms with Gasteiger partial charge in [0.2, 0.25) is 11.8 Å². The van der Waals surface area contributed by atoms with Crippen molar-refractivity contribution in [2.75, 3.05) is 23.3 Å². The van der Waals surface area contributed by atoms with Crippen molar-refractivity contribution < 1.29 is 18.4 Å². The Balaban J connectivity index is 1.71. The van der Waals surface area contributed by atoms with Crippen LogP contribution in [0.15, 0.2) is 48.5 Å². The fourth-order valence-electron chi connectivity index (χ4n) is 3.58. The largest absolute Gasteiger partial charge is 0.366 e. The van der Waals surface area contributed by atoms with Crippen LogP contribution in [-0.2, 0) is 0 Å². The fraction of sp³-hybridized carbons (Fsp3) is 0.273. The molecule has 0 aliphatic carbocycles. The predicted molar refractivity (Wildman–Crippen MR) is 113 cm³/mol. The number of para-hydroxylation sites is 2. The summed E-state index contributed by atoms with van der Waals surface area (Å²) in [6.07, 6.45) is -0.238. The standard InChI is InChI=1S/C22H21F2N5O2/c23-22(24)9-4-11-29(12-10-22)20-18(27-16-7-1-2-8-17(16)28-20)21(31)26-15-6-3-5-14(13-15)19(25)30/h1-3,5-8,13H,4,9-12H2,(H2,25,30)(H,26,31). The van der Waals surface area contributed by atoms with E-state index in [2.05, 4.69) is 15.3 Å². The summed E-state index contributed by atoms with van der Waals surface area (Å²) in [5.74, 6) is -3.64. The highest BCUT2D eigenvalue weighted by molar-refractivity contribution is 6.07. The number of alkyl halides is 2. The molecule has 1 aliphatic heterocycles. The van der Waals surface area contributed by atoms with Crippen LogP contribution in [0.5, 0.6) is 0 Å². The van der Waals surface area contributed by atoms with E-state index < -0.39 is 17.7 Å². The first-order chi connectivity index (χ1) is 14.8. The van der Waals surface area contributed by atoms with Crippen molar-refractivity contribution in [2.24, 2.45) is 5.73 Å². The number of nitrogens with one attached hydrogen (secondary N) is 1. The normalized spacial score (nSPS) is 16.0. The third-order valence-electron chi connectivity index (χ3n) is 5.19. The third-order valence-corrected chi connectivity index (χ3v) is 5.19. The first-order valence-corrected chi connectivity index (χ1v) is 9.93. The summed E-state index contributed by atoms with van der Waals surface area (Å²) in [5.41, 5.74) is 7.04. The minimum absolute atomic E-state index is 0.0356. The second kappa shape index (κ2) is 8.25. The number of amides is 2. The number of carbonyl (C=O) groups is 2. The molecule has 0 saturated carbocycles. The number of hydrogen-bond acceptors (Lipinski definition) is 5. The number of carbonyl (C=O) groups excluding carboxylic acids is 2. The first kappa shape index (κ1) is 20.6. The van der Waals surface area contributed by atoms with E-state index in [1.165, 1.54) is 12.1 Å². The van der Waals surface area contributed by atoms with Crippen LogP contribution >= 0.6 is 0 Å². The zero-order valence-electron chi connectivity index (χ0n) is 16.6. The molecule has 2 amide bonds. The van der Waals surface area contributed by atoms with Gasteiger partial charge in [0, 0.05) is 37.2 Å². The Morgan fingerprint density at radius 3 is 2.48 bits per heavy atom. The molecule has 0 bridgehead atoms. The molecule has 4 rings (SSSR count). The molecule has 2 heterocycles. The Morgan fingerprint density at radius 1 is 1.00 bits per heavy atom. The molecule has 3 aromatic rings. The summed E-state index contributed by atoms with van der Waals surface area (Å²) in [6.45, 7) is 0.414. The van der Waals surface area contributed by atoms with Crippen LogP contribution < -0.4 is 16.0 Å². The lowest BCUT2D eigenvalue weighted by Crippen LogP contribution is -2.30. The Hall–Kier alpha value is -3.62. The van der Waals surface area contributed by atoms with Gasteiger partial charge in [-0.05, 0) is 36.8 Å². The number of nitrogens with zero attached hydrogens (tertiary/aromatic N) is 3. The van der Waals surface area contributed by atoms with Gasteiger partial charge in [-0.2, -0.15) is 0 Å². The summed E-state index contributed by atoms with van der Waals surface area (Å²) in [4.78, 5) is 35.3. The SMILES string of the molecule is NC(=O)c1cccc(NC(=O)c2nc3ccccc3nc2N2CCCC(F)(F)CC2)c1. The quantitative estimate of drug-likeness (QED) is 0.665. The highest BCUT2D eigenvalue weighted by Crippen LogP contribution is 2.31. The van der Waals surface area contributed by atoms with Crippen molar-refractivity contribution in [1.29, 1.82) is 0 Å². The van der Waals surface area contributed by atoms with Crippen molar-refractivity contribution in [1.82, 2.24) is 9.97 Å². The van der Waals surface area contributed by atoms with Crippen molar-refractivity contribution in [3.05, 3.63) is 59.8 Å². The van der Waals surface area contributed by atoms with E-state index in [0.29, 0.717) is 23.3 Å². The zero-order valence-corrected chi connectivity index (χ0v) is 16.6. The lowest BCUT2D eigenvalue weighted by molar-refractivity contribution is -0.0102. The van der Waals surface area contributed by atoms with Crippen molar-refractivity contribution in [2.45, 2.75) is 25.2 Å². The number of benzene rings is 2. The number of primary amides is 1. The molecule has 1 aromatic heterocycles. The number of rotatable bonds is 4. The van der Waals surface area contributed by atoms with E-state index in [4.69, 9.17) is 5.73 Å². The smallest absolute Gasteiger partial charge is 0.278 e. The molecule has 9 heteroatoms. The van der Waals surface area contributed by atoms with Gasteiger partial charge in [-0.1, -0.05) is 18.2 Å². The van der Waals surface area contributed by atoms with Gasteiger partial charge in [-0.25, -0.2) is 18.7 Å². The first-order valence-electron chi connectivity index (χ1n) is 9.93. The van der Waals surface area contributed by atoms with Crippen LogP contribution in [0, 0.1) is 0 Å². The Morgan fingerprint density at radius 2 is 1.74 bits per heavy atom. The predicted octanol–water partition coefficient (Wildman–Crippen LogP) is 3.61. The Bertz CT molecular complexity index is 1150.